The molecule has 2 heterocycles. The standard InChI is InChI=1S/C25H28ClN5O5S2/c1-7-11-31-21(15(3)36-17-10-8-9-16(26)12-17)28-29-25(31)37-13-18(32)27-22-19(24(34)35-6)14(2)20(38-22)23(33)30(4)5/h7-10,12,15H,1,11,13H2,2-6H3,(H,27,32). The lowest BCUT2D eigenvalue weighted by atomic mass is 10.1. The topological polar surface area (TPSA) is 116 Å². The first-order chi connectivity index (χ1) is 18.1. The van der Waals surface area contributed by atoms with Crippen LogP contribution < -0.4 is 10.1 Å². The van der Waals surface area contributed by atoms with Crippen LogP contribution in [0.1, 0.15) is 44.4 Å². The van der Waals surface area contributed by atoms with E-state index in [0.29, 0.717) is 38.7 Å². The summed E-state index contributed by atoms with van der Waals surface area (Å²) in [5.41, 5.74) is 0.609. The lowest BCUT2D eigenvalue weighted by molar-refractivity contribution is -0.113. The van der Waals surface area contributed by atoms with Crippen LogP contribution in [0.4, 0.5) is 5.00 Å². The zero-order valence-electron chi connectivity index (χ0n) is 21.6. The van der Waals surface area contributed by atoms with E-state index in [9.17, 15) is 14.4 Å². The molecule has 0 aliphatic rings. The quantitative estimate of drug-likeness (QED) is 0.195. The molecule has 0 saturated heterocycles. The number of carbonyl (C=O) groups excluding carboxylic acids is 3. The van der Waals surface area contributed by atoms with E-state index in [-0.39, 0.29) is 28.1 Å². The highest BCUT2D eigenvalue weighted by molar-refractivity contribution is 7.99. The van der Waals surface area contributed by atoms with Gasteiger partial charge in [0.2, 0.25) is 5.91 Å². The molecular weight excluding hydrogens is 550 g/mol. The van der Waals surface area contributed by atoms with E-state index in [1.807, 2.05) is 11.5 Å². The van der Waals surface area contributed by atoms with Crippen LogP contribution in [0.3, 0.4) is 0 Å². The van der Waals surface area contributed by atoms with Crippen LogP contribution in [0.5, 0.6) is 5.75 Å². The number of amides is 2. The molecule has 2 aromatic heterocycles. The van der Waals surface area contributed by atoms with E-state index < -0.39 is 12.1 Å². The van der Waals surface area contributed by atoms with E-state index >= 15 is 0 Å². The van der Waals surface area contributed by atoms with Crippen molar-refractivity contribution in [2.24, 2.45) is 0 Å². The number of rotatable bonds is 11. The van der Waals surface area contributed by atoms with Gasteiger partial charge in [-0.15, -0.1) is 28.1 Å². The van der Waals surface area contributed by atoms with Crippen LogP contribution in [-0.2, 0) is 16.1 Å². The molecule has 10 nitrogen and oxygen atoms in total. The van der Waals surface area contributed by atoms with Gasteiger partial charge < -0.3 is 19.7 Å². The van der Waals surface area contributed by atoms with Gasteiger partial charge in [0, 0.05) is 25.7 Å². The van der Waals surface area contributed by atoms with Crippen LogP contribution in [0, 0.1) is 6.92 Å². The maximum atomic E-state index is 12.9. The van der Waals surface area contributed by atoms with Crippen molar-refractivity contribution in [3.05, 3.63) is 63.8 Å². The summed E-state index contributed by atoms with van der Waals surface area (Å²) in [5, 5.41) is 12.5. The molecule has 0 bridgehead atoms. The van der Waals surface area contributed by atoms with Crippen LogP contribution in [0.25, 0.3) is 0 Å². The number of nitrogens with one attached hydrogen (secondary N) is 1. The molecule has 3 rings (SSSR count). The molecule has 0 fully saturated rings. The number of thioether (sulfide) groups is 1. The fraction of sp³-hybridized carbons (Fsp3) is 0.320. The first-order valence-electron chi connectivity index (χ1n) is 11.4. The second-order valence-electron chi connectivity index (χ2n) is 8.25. The van der Waals surface area contributed by atoms with Gasteiger partial charge in [0.25, 0.3) is 5.91 Å². The number of anilines is 1. The molecule has 0 aliphatic carbocycles. The minimum atomic E-state index is -0.636. The van der Waals surface area contributed by atoms with Gasteiger partial charge in [-0.05, 0) is 37.6 Å². The smallest absolute Gasteiger partial charge is 0.341 e. The Balaban J connectivity index is 1.76. The molecule has 1 atom stereocenters. The average Bonchev–Trinajstić information content (AvgIpc) is 3.42. The molecule has 38 heavy (non-hydrogen) atoms. The summed E-state index contributed by atoms with van der Waals surface area (Å²) in [4.78, 5) is 39.6. The van der Waals surface area contributed by atoms with Crippen molar-refractivity contribution in [1.82, 2.24) is 19.7 Å². The predicted molar refractivity (Wildman–Crippen MR) is 148 cm³/mol. The van der Waals surface area contributed by atoms with Gasteiger partial charge in [-0.3, -0.25) is 14.2 Å². The highest BCUT2D eigenvalue weighted by atomic mass is 35.5. The molecule has 1 unspecified atom stereocenters. The molecule has 0 aliphatic heterocycles. The van der Waals surface area contributed by atoms with Crippen molar-refractivity contribution in [1.29, 1.82) is 0 Å². The number of nitrogens with zero attached hydrogens (tertiary/aromatic N) is 4. The normalized spacial score (nSPS) is 11.5. The summed E-state index contributed by atoms with van der Waals surface area (Å²) in [6.07, 6.45) is 1.25. The number of esters is 1. The highest BCUT2D eigenvalue weighted by Crippen LogP contribution is 2.35. The Morgan fingerprint density at radius 2 is 2.05 bits per heavy atom. The number of carbonyl (C=O) groups is 3. The molecular formula is C25H28ClN5O5S2. The number of thiophene rings is 1. The van der Waals surface area contributed by atoms with E-state index in [1.165, 1.54) is 23.8 Å². The van der Waals surface area contributed by atoms with Crippen molar-refractivity contribution in [3.8, 4) is 5.75 Å². The van der Waals surface area contributed by atoms with E-state index in [4.69, 9.17) is 21.1 Å². The summed E-state index contributed by atoms with van der Waals surface area (Å²) < 4.78 is 12.7. The third-order valence-corrected chi connectivity index (χ3v) is 7.65. The molecule has 1 aromatic carbocycles. The zero-order chi connectivity index (χ0) is 28.0. The molecule has 2 amide bonds. The predicted octanol–water partition coefficient (Wildman–Crippen LogP) is 4.85. The van der Waals surface area contributed by atoms with Crippen LogP contribution >= 0.6 is 34.7 Å². The maximum absolute atomic E-state index is 12.9. The van der Waals surface area contributed by atoms with Crippen LogP contribution in [0.2, 0.25) is 5.02 Å². The largest absolute Gasteiger partial charge is 0.483 e. The third kappa shape index (κ3) is 6.74. The van der Waals surface area contributed by atoms with Gasteiger partial charge >= 0.3 is 5.97 Å². The minimum absolute atomic E-state index is 0.0205. The van der Waals surface area contributed by atoms with Crippen LogP contribution in [-0.4, -0.2) is 64.4 Å². The molecule has 1 N–H and O–H groups in total. The van der Waals surface area contributed by atoms with Gasteiger partial charge in [0.1, 0.15) is 10.8 Å². The number of ether oxygens (including phenoxy) is 2. The Labute approximate surface area is 234 Å². The first kappa shape index (κ1) is 29.2. The van der Waals surface area contributed by atoms with E-state index in [0.717, 1.165) is 11.3 Å². The number of hydrogen-bond acceptors (Lipinski definition) is 9. The SMILES string of the molecule is C=CCn1c(SCC(=O)Nc2sc(C(=O)N(C)C)c(C)c2C(=O)OC)nnc1C(C)Oc1cccc(Cl)c1. The monoisotopic (exact) mass is 577 g/mol. The zero-order valence-corrected chi connectivity index (χ0v) is 24.0. The van der Waals surface area contributed by atoms with Gasteiger partial charge in [0.15, 0.2) is 17.1 Å². The summed E-state index contributed by atoms with van der Waals surface area (Å²) in [7, 11) is 4.47. The third-order valence-electron chi connectivity index (χ3n) is 5.25. The average molecular weight is 578 g/mol. The Morgan fingerprint density at radius 1 is 1.32 bits per heavy atom. The summed E-state index contributed by atoms with van der Waals surface area (Å²) in [5.74, 6) is -0.167. The Bertz CT molecular complexity index is 1350. The Kier molecular flexibility index (Phi) is 9.95. The number of halogens is 1. The van der Waals surface area contributed by atoms with Crippen LogP contribution in [0.15, 0.2) is 42.1 Å². The molecule has 0 spiro atoms. The van der Waals surface area contributed by atoms with Gasteiger partial charge in [-0.2, -0.15) is 0 Å². The summed E-state index contributed by atoms with van der Waals surface area (Å²) in [6.45, 7) is 7.69. The Hall–Kier alpha value is -3.35. The number of allylic oxidation sites excluding steroid dienone is 1. The molecule has 0 radical (unpaired) electrons. The second kappa shape index (κ2) is 12.9. The van der Waals surface area contributed by atoms with E-state index in [1.54, 1.807) is 51.4 Å². The summed E-state index contributed by atoms with van der Waals surface area (Å²) in [6, 6.07) is 7.05. The fourth-order valence-corrected chi connectivity index (χ4v) is 5.62. The van der Waals surface area contributed by atoms with Crippen molar-refractivity contribution in [2.75, 3.05) is 32.3 Å². The molecule has 202 valence electrons. The number of hydrogen-bond donors (Lipinski definition) is 1. The molecule has 3 aromatic rings. The van der Waals surface area contributed by atoms with Gasteiger partial charge in [0.05, 0.1) is 23.3 Å². The van der Waals surface area contributed by atoms with Gasteiger partial charge in [-0.1, -0.05) is 35.5 Å². The lowest BCUT2D eigenvalue weighted by Crippen LogP contribution is -2.21. The van der Waals surface area contributed by atoms with E-state index in [2.05, 4.69) is 22.1 Å². The number of aromatic nitrogens is 3. The van der Waals surface area contributed by atoms with Crippen molar-refractivity contribution in [2.45, 2.75) is 31.7 Å². The Morgan fingerprint density at radius 3 is 2.68 bits per heavy atom. The molecule has 13 heteroatoms. The van der Waals surface area contributed by atoms with Crippen molar-refractivity contribution >= 4 is 57.5 Å². The summed E-state index contributed by atoms with van der Waals surface area (Å²) >= 11 is 8.25. The first-order valence-corrected chi connectivity index (χ1v) is 13.6. The van der Waals surface area contributed by atoms with Gasteiger partial charge in [-0.25, -0.2) is 4.79 Å². The highest BCUT2D eigenvalue weighted by Gasteiger charge is 2.27. The number of benzene rings is 1. The fourth-order valence-electron chi connectivity index (χ4n) is 3.45. The van der Waals surface area contributed by atoms with Crippen molar-refractivity contribution in [3.63, 3.8) is 0 Å². The minimum Gasteiger partial charge on any atom is -0.483 e. The second-order valence-corrected chi connectivity index (χ2v) is 10.6. The number of methoxy groups -OCH3 is 1. The van der Waals surface area contributed by atoms with Crippen molar-refractivity contribution < 1.29 is 23.9 Å². The maximum Gasteiger partial charge on any atom is 0.341 e. The lowest BCUT2D eigenvalue weighted by Gasteiger charge is -2.16. The molecule has 0 saturated carbocycles.